The van der Waals surface area contributed by atoms with Crippen LogP contribution in [0, 0.1) is 18.3 Å². The molecule has 0 aliphatic carbocycles. The molecule has 3 atom stereocenters. The summed E-state index contributed by atoms with van der Waals surface area (Å²) >= 11 is 0. The zero-order chi connectivity index (χ0) is 11.5. The molecule has 0 aromatic heterocycles. The van der Waals surface area contributed by atoms with Gasteiger partial charge in [0, 0.05) is 25.2 Å². The number of ether oxygens (including phenoxy) is 1. The average Bonchev–Trinajstić information content (AvgIpc) is 2.99. The first kappa shape index (κ1) is 11.9. The molecule has 2 heterocycles. The minimum atomic E-state index is 0.257. The van der Waals surface area contributed by atoms with Gasteiger partial charge in [-0.25, -0.2) is 0 Å². The number of rotatable bonds is 4. The Hall–Kier alpha value is -0.560. The van der Waals surface area contributed by atoms with Gasteiger partial charge in [-0.15, -0.1) is 6.42 Å². The fourth-order valence-electron chi connectivity index (χ4n) is 2.52. The van der Waals surface area contributed by atoms with Gasteiger partial charge in [0.25, 0.3) is 0 Å². The van der Waals surface area contributed by atoms with Crippen LogP contribution in [0.5, 0.6) is 0 Å². The largest absolute Gasteiger partial charge is 0.379 e. The van der Waals surface area contributed by atoms with Crippen molar-refractivity contribution in [3.05, 3.63) is 0 Å². The number of hydrogen-bond acceptors (Lipinski definition) is 3. The van der Waals surface area contributed by atoms with Crippen molar-refractivity contribution in [2.45, 2.75) is 38.4 Å². The van der Waals surface area contributed by atoms with Crippen molar-refractivity contribution in [1.82, 2.24) is 10.2 Å². The topological polar surface area (TPSA) is 34.4 Å². The number of nitrogens with zero attached hydrogens (tertiary/aromatic N) is 1. The number of hydrogen-bond donors (Lipinski definition) is 1. The summed E-state index contributed by atoms with van der Waals surface area (Å²) in [5, 5.41) is 3.52. The Morgan fingerprint density at radius 3 is 2.69 bits per heavy atom. The summed E-state index contributed by atoms with van der Waals surface area (Å²) in [6.07, 6.45) is 6.89. The highest BCUT2D eigenvalue weighted by atomic mass is 16.5. The minimum Gasteiger partial charge on any atom is -0.379 e. The molecule has 0 aromatic carbocycles. The molecule has 90 valence electrons. The summed E-state index contributed by atoms with van der Waals surface area (Å²) in [6, 6.07) is 1.39. The van der Waals surface area contributed by atoms with Gasteiger partial charge >= 0.3 is 0 Å². The highest BCUT2D eigenvalue weighted by Gasteiger charge is 2.44. The van der Waals surface area contributed by atoms with Crippen molar-refractivity contribution >= 4 is 0 Å². The molecule has 2 saturated heterocycles. The van der Waals surface area contributed by atoms with Gasteiger partial charge in [-0.05, 0) is 12.3 Å². The van der Waals surface area contributed by atoms with E-state index in [2.05, 4.69) is 30.0 Å². The molecule has 2 fully saturated rings. The minimum absolute atomic E-state index is 0.257. The third-order valence-corrected chi connectivity index (χ3v) is 3.41. The summed E-state index contributed by atoms with van der Waals surface area (Å²) in [5.41, 5.74) is 0. The zero-order valence-electron chi connectivity index (χ0n) is 10.3. The Morgan fingerprint density at radius 2 is 2.12 bits per heavy atom. The molecular formula is C13H22N2O. The summed E-state index contributed by atoms with van der Waals surface area (Å²) < 4.78 is 5.36. The Balaban J connectivity index is 1.85. The lowest BCUT2D eigenvalue weighted by molar-refractivity contribution is 0.0267. The normalized spacial score (nSPS) is 32.4. The number of morpholine rings is 1. The predicted molar refractivity (Wildman–Crippen MR) is 65.2 cm³/mol. The Morgan fingerprint density at radius 1 is 1.44 bits per heavy atom. The smallest absolute Gasteiger partial charge is 0.0884 e. The third kappa shape index (κ3) is 2.76. The van der Waals surface area contributed by atoms with Crippen LogP contribution in [0.4, 0.5) is 0 Å². The predicted octanol–water partition coefficient (Wildman–Crippen LogP) is 0.707. The molecule has 0 spiro atoms. The van der Waals surface area contributed by atoms with Gasteiger partial charge in [0.05, 0.1) is 19.3 Å². The molecule has 2 aliphatic rings. The van der Waals surface area contributed by atoms with Crippen LogP contribution in [-0.4, -0.2) is 49.3 Å². The van der Waals surface area contributed by atoms with E-state index in [1.807, 2.05) is 0 Å². The van der Waals surface area contributed by atoms with Crippen LogP contribution < -0.4 is 5.32 Å². The van der Waals surface area contributed by atoms with E-state index in [0.717, 1.165) is 32.2 Å². The van der Waals surface area contributed by atoms with Gasteiger partial charge in [0.1, 0.15) is 0 Å². The van der Waals surface area contributed by atoms with Crippen molar-refractivity contribution in [1.29, 1.82) is 0 Å². The number of nitrogens with one attached hydrogen (secondary N) is 1. The first-order chi connectivity index (χ1) is 7.72. The lowest BCUT2D eigenvalue weighted by atomic mass is 10.0. The average molecular weight is 222 g/mol. The van der Waals surface area contributed by atoms with Crippen molar-refractivity contribution in [2.24, 2.45) is 5.92 Å². The van der Waals surface area contributed by atoms with Crippen LogP contribution in [0.15, 0.2) is 0 Å². The maximum absolute atomic E-state index is 5.67. The van der Waals surface area contributed by atoms with Crippen molar-refractivity contribution in [3.63, 3.8) is 0 Å². The van der Waals surface area contributed by atoms with Crippen LogP contribution in [0.1, 0.15) is 20.3 Å². The van der Waals surface area contributed by atoms with E-state index in [4.69, 9.17) is 11.2 Å². The van der Waals surface area contributed by atoms with Gasteiger partial charge in [0.2, 0.25) is 0 Å². The third-order valence-electron chi connectivity index (χ3n) is 3.41. The van der Waals surface area contributed by atoms with Gasteiger partial charge in [-0.3, -0.25) is 4.90 Å². The fourth-order valence-corrected chi connectivity index (χ4v) is 2.52. The van der Waals surface area contributed by atoms with E-state index in [9.17, 15) is 0 Å². The van der Waals surface area contributed by atoms with Gasteiger partial charge < -0.3 is 10.1 Å². The summed E-state index contributed by atoms with van der Waals surface area (Å²) in [4.78, 5) is 2.38. The van der Waals surface area contributed by atoms with Gasteiger partial charge in [0.15, 0.2) is 0 Å². The van der Waals surface area contributed by atoms with Gasteiger partial charge in [-0.1, -0.05) is 19.8 Å². The van der Waals surface area contributed by atoms with Crippen LogP contribution in [0.25, 0.3) is 0 Å². The van der Waals surface area contributed by atoms with E-state index in [-0.39, 0.29) is 6.04 Å². The van der Waals surface area contributed by atoms with E-state index in [1.54, 1.807) is 0 Å². The zero-order valence-corrected chi connectivity index (χ0v) is 10.3. The van der Waals surface area contributed by atoms with Crippen LogP contribution in [0.2, 0.25) is 0 Å². The maximum Gasteiger partial charge on any atom is 0.0884 e. The van der Waals surface area contributed by atoms with Gasteiger partial charge in [-0.2, -0.15) is 0 Å². The van der Waals surface area contributed by atoms with Crippen molar-refractivity contribution < 1.29 is 4.74 Å². The molecule has 3 heteroatoms. The van der Waals surface area contributed by atoms with Crippen molar-refractivity contribution in [3.8, 4) is 12.3 Å². The summed E-state index contributed by atoms with van der Waals surface area (Å²) in [6.45, 7) is 8.11. The van der Waals surface area contributed by atoms with E-state index in [1.165, 1.54) is 6.42 Å². The molecule has 0 amide bonds. The monoisotopic (exact) mass is 222 g/mol. The van der Waals surface area contributed by atoms with E-state index in [0.29, 0.717) is 12.1 Å². The number of terminal acetylenes is 1. The Kier molecular flexibility index (Phi) is 3.86. The van der Waals surface area contributed by atoms with E-state index < -0.39 is 0 Å². The van der Waals surface area contributed by atoms with Crippen molar-refractivity contribution in [2.75, 3.05) is 26.3 Å². The Labute approximate surface area is 98.5 Å². The second-order valence-electron chi connectivity index (χ2n) is 5.19. The lowest BCUT2D eigenvalue weighted by Gasteiger charge is -2.31. The molecule has 2 aliphatic heterocycles. The maximum atomic E-state index is 5.67. The summed E-state index contributed by atoms with van der Waals surface area (Å²) in [7, 11) is 0. The molecule has 0 unspecified atom stereocenters. The first-order valence-electron chi connectivity index (χ1n) is 6.26. The Bertz CT molecular complexity index is 266. The quantitative estimate of drug-likeness (QED) is 0.562. The standard InChI is InChI=1S/C13H22N2O/c1-4-12(15-5-7-16-8-6-15)13-11(14-13)9-10(2)3/h1,10-14H,5-9H2,2-3H3/t11-,12+,13+/m0/s1. The molecule has 0 saturated carbocycles. The molecule has 0 radical (unpaired) electrons. The fraction of sp³-hybridized carbons (Fsp3) is 0.846. The molecule has 3 nitrogen and oxygen atoms in total. The molecule has 0 bridgehead atoms. The molecular weight excluding hydrogens is 200 g/mol. The van der Waals surface area contributed by atoms with E-state index >= 15 is 0 Å². The molecule has 2 rings (SSSR count). The second kappa shape index (κ2) is 5.18. The SMILES string of the molecule is C#C[C@H]([C@@H]1N[C@H]1CC(C)C)N1CCOCC1. The van der Waals surface area contributed by atoms with Crippen LogP contribution in [-0.2, 0) is 4.74 Å². The van der Waals surface area contributed by atoms with Crippen LogP contribution >= 0.6 is 0 Å². The second-order valence-corrected chi connectivity index (χ2v) is 5.19. The highest BCUT2D eigenvalue weighted by Crippen LogP contribution is 2.25. The first-order valence-corrected chi connectivity index (χ1v) is 6.26. The van der Waals surface area contributed by atoms with Crippen LogP contribution in [0.3, 0.4) is 0 Å². The summed E-state index contributed by atoms with van der Waals surface area (Å²) in [5.74, 6) is 3.69. The molecule has 1 N–H and O–H groups in total. The lowest BCUT2D eigenvalue weighted by Crippen LogP contribution is -2.46. The highest BCUT2D eigenvalue weighted by molar-refractivity contribution is 5.17. The molecule has 16 heavy (non-hydrogen) atoms. The molecule has 0 aromatic rings.